The maximum atomic E-state index is 11.5. The highest BCUT2D eigenvalue weighted by molar-refractivity contribution is 5.83. The molecular weight excluding hydrogens is 408 g/mol. The minimum Gasteiger partial charge on any atom is -0.361 e. The van der Waals surface area contributed by atoms with E-state index in [-0.39, 0.29) is 11.4 Å². The van der Waals surface area contributed by atoms with Gasteiger partial charge in [-0.1, -0.05) is 54.6 Å². The van der Waals surface area contributed by atoms with Crippen molar-refractivity contribution in [1.82, 2.24) is 9.88 Å². The Bertz CT molecular complexity index is 1210. The van der Waals surface area contributed by atoms with Gasteiger partial charge in [0.05, 0.1) is 9.85 Å². The van der Waals surface area contributed by atoms with Gasteiger partial charge >= 0.3 is 0 Å². The van der Waals surface area contributed by atoms with Gasteiger partial charge in [-0.3, -0.25) is 25.1 Å². The van der Waals surface area contributed by atoms with E-state index in [4.69, 9.17) is 0 Å². The second-order valence-corrected chi connectivity index (χ2v) is 7.59. The molecule has 4 aromatic rings. The maximum absolute atomic E-state index is 11.5. The van der Waals surface area contributed by atoms with Crippen LogP contribution in [0.25, 0.3) is 10.9 Å². The van der Waals surface area contributed by atoms with Gasteiger partial charge in [0, 0.05) is 60.0 Å². The highest BCUT2D eigenvalue weighted by Crippen LogP contribution is 2.25. The number of para-hydroxylation sites is 3. The van der Waals surface area contributed by atoms with Crippen LogP contribution in [0.2, 0.25) is 0 Å². The summed E-state index contributed by atoms with van der Waals surface area (Å²) in [5.74, 6) is 0. The van der Waals surface area contributed by atoms with Gasteiger partial charge in [0.2, 0.25) is 0 Å². The predicted molar refractivity (Wildman–Crippen MR) is 122 cm³/mol. The van der Waals surface area contributed by atoms with Crippen molar-refractivity contribution in [3.8, 4) is 0 Å². The lowest BCUT2D eigenvalue weighted by molar-refractivity contribution is -0.386. The number of nitrogens with one attached hydrogen (secondary N) is 1. The van der Waals surface area contributed by atoms with E-state index in [1.807, 2.05) is 29.3 Å². The summed E-state index contributed by atoms with van der Waals surface area (Å²) < 4.78 is 0. The van der Waals surface area contributed by atoms with Crippen molar-refractivity contribution in [1.29, 1.82) is 0 Å². The molecule has 32 heavy (non-hydrogen) atoms. The molecule has 0 atom stereocenters. The summed E-state index contributed by atoms with van der Waals surface area (Å²) in [7, 11) is 0. The molecule has 3 aromatic carbocycles. The highest BCUT2D eigenvalue weighted by atomic mass is 16.6. The summed E-state index contributed by atoms with van der Waals surface area (Å²) in [6, 6.07) is 21.3. The molecular formula is C24H22N4O4. The number of rotatable bonds is 9. The van der Waals surface area contributed by atoms with Crippen LogP contribution in [-0.4, -0.2) is 26.3 Å². The molecule has 1 heterocycles. The molecule has 0 bridgehead atoms. The highest BCUT2D eigenvalue weighted by Gasteiger charge is 2.20. The van der Waals surface area contributed by atoms with Crippen molar-refractivity contribution < 1.29 is 9.85 Å². The molecule has 0 amide bonds. The average molecular weight is 430 g/mol. The number of aromatic nitrogens is 1. The summed E-state index contributed by atoms with van der Waals surface area (Å²) in [6.45, 7) is 1.21. The van der Waals surface area contributed by atoms with Gasteiger partial charge in [0.15, 0.2) is 0 Å². The van der Waals surface area contributed by atoms with Crippen LogP contribution in [-0.2, 0) is 19.5 Å². The number of hydrogen-bond donors (Lipinski definition) is 1. The number of aromatic amines is 1. The molecule has 8 heteroatoms. The lowest BCUT2D eigenvalue weighted by atomic mass is 10.1. The van der Waals surface area contributed by atoms with E-state index in [0.29, 0.717) is 37.2 Å². The molecule has 4 rings (SSSR count). The van der Waals surface area contributed by atoms with Crippen molar-refractivity contribution in [2.75, 3.05) is 6.54 Å². The first kappa shape index (κ1) is 21.2. The third-order valence-corrected chi connectivity index (χ3v) is 5.54. The molecule has 0 saturated carbocycles. The minimum absolute atomic E-state index is 0.0483. The van der Waals surface area contributed by atoms with Crippen molar-refractivity contribution in [3.63, 3.8) is 0 Å². The topological polar surface area (TPSA) is 105 Å². The van der Waals surface area contributed by atoms with Gasteiger partial charge < -0.3 is 4.98 Å². The molecule has 0 saturated heterocycles. The van der Waals surface area contributed by atoms with Gasteiger partial charge in [-0.15, -0.1) is 0 Å². The van der Waals surface area contributed by atoms with Crippen molar-refractivity contribution >= 4 is 22.3 Å². The Morgan fingerprint density at radius 3 is 1.84 bits per heavy atom. The number of H-pyrrole nitrogens is 1. The first-order valence-corrected chi connectivity index (χ1v) is 10.2. The predicted octanol–water partition coefficient (Wildman–Crippen LogP) is 5.23. The van der Waals surface area contributed by atoms with Crippen LogP contribution in [0.1, 0.15) is 16.7 Å². The fourth-order valence-electron chi connectivity index (χ4n) is 3.96. The zero-order valence-corrected chi connectivity index (χ0v) is 17.3. The van der Waals surface area contributed by atoms with E-state index in [0.717, 1.165) is 16.5 Å². The second-order valence-electron chi connectivity index (χ2n) is 7.59. The Labute approximate surface area is 184 Å². The fourth-order valence-corrected chi connectivity index (χ4v) is 3.96. The largest absolute Gasteiger partial charge is 0.361 e. The second kappa shape index (κ2) is 9.40. The molecule has 8 nitrogen and oxygen atoms in total. The molecule has 1 aromatic heterocycles. The minimum atomic E-state index is -0.391. The molecule has 1 N–H and O–H groups in total. The van der Waals surface area contributed by atoms with Crippen LogP contribution >= 0.6 is 0 Å². The van der Waals surface area contributed by atoms with E-state index in [1.54, 1.807) is 36.4 Å². The zero-order valence-electron chi connectivity index (χ0n) is 17.3. The average Bonchev–Trinajstić information content (AvgIpc) is 3.21. The quantitative estimate of drug-likeness (QED) is 0.289. The monoisotopic (exact) mass is 430 g/mol. The van der Waals surface area contributed by atoms with E-state index in [9.17, 15) is 20.2 Å². The Balaban J connectivity index is 1.62. The van der Waals surface area contributed by atoms with E-state index in [1.165, 1.54) is 12.1 Å². The summed E-state index contributed by atoms with van der Waals surface area (Å²) in [6.07, 6.45) is 2.67. The summed E-state index contributed by atoms with van der Waals surface area (Å²) in [4.78, 5) is 27.5. The Morgan fingerprint density at radius 2 is 1.25 bits per heavy atom. The lowest BCUT2D eigenvalue weighted by Crippen LogP contribution is -2.26. The molecule has 0 unspecified atom stereocenters. The number of nitrogens with zero attached hydrogens (tertiary/aromatic N) is 3. The van der Waals surface area contributed by atoms with Gasteiger partial charge in [0.1, 0.15) is 0 Å². The Kier molecular flexibility index (Phi) is 6.23. The van der Waals surface area contributed by atoms with Crippen LogP contribution in [0.3, 0.4) is 0 Å². The molecule has 0 spiro atoms. The van der Waals surface area contributed by atoms with Gasteiger partial charge in [-0.05, 0) is 18.1 Å². The Hall–Kier alpha value is -4.04. The molecule has 0 aliphatic heterocycles. The summed E-state index contributed by atoms with van der Waals surface area (Å²) >= 11 is 0. The summed E-state index contributed by atoms with van der Waals surface area (Å²) in [5, 5.41) is 24.1. The lowest BCUT2D eigenvalue weighted by Gasteiger charge is -2.22. The zero-order chi connectivity index (χ0) is 22.5. The van der Waals surface area contributed by atoms with Crippen molar-refractivity contribution in [3.05, 3.63) is 116 Å². The third kappa shape index (κ3) is 4.65. The van der Waals surface area contributed by atoms with Gasteiger partial charge in [0.25, 0.3) is 11.4 Å². The molecule has 0 aliphatic rings. The fraction of sp³-hybridized carbons (Fsp3) is 0.167. The van der Waals surface area contributed by atoms with E-state index < -0.39 is 9.85 Å². The third-order valence-electron chi connectivity index (χ3n) is 5.54. The molecule has 0 radical (unpaired) electrons. The molecule has 0 fully saturated rings. The Morgan fingerprint density at radius 1 is 0.719 bits per heavy atom. The van der Waals surface area contributed by atoms with E-state index >= 15 is 0 Å². The first-order chi connectivity index (χ1) is 15.5. The number of fused-ring (bicyclic) bond motifs is 1. The summed E-state index contributed by atoms with van der Waals surface area (Å²) in [5.41, 5.74) is 3.44. The van der Waals surface area contributed by atoms with Gasteiger partial charge in [-0.25, -0.2) is 0 Å². The standard InChI is InChI=1S/C24H22N4O4/c29-27(30)23-11-5-1-7-19(23)16-26(17-20-8-2-6-12-24(20)28(31)32)14-13-18-15-25-22-10-4-3-9-21(18)22/h1-12,15,25H,13-14,16-17H2. The SMILES string of the molecule is O=[N+]([O-])c1ccccc1CN(CCc1c[nH]c2ccccc12)Cc1ccccc1[N+](=O)[O-]. The van der Waals surface area contributed by atoms with Crippen molar-refractivity contribution in [2.24, 2.45) is 0 Å². The van der Waals surface area contributed by atoms with E-state index in [2.05, 4.69) is 11.1 Å². The number of nitro benzene ring substituents is 2. The van der Waals surface area contributed by atoms with Crippen LogP contribution in [0.5, 0.6) is 0 Å². The van der Waals surface area contributed by atoms with Crippen LogP contribution < -0.4 is 0 Å². The van der Waals surface area contributed by atoms with Crippen LogP contribution in [0, 0.1) is 20.2 Å². The van der Waals surface area contributed by atoms with Crippen LogP contribution in [0.15, 0.2) is 79.0 Å². The smallest absolute Gasteiger partial charge is 0.273 e. The van der Waals surface area contributed by atoms with Crippen molar-refractivity contribution in [2.45, 2.75) is 19.5 Å². The molecule has 162 valence electrons. The number of hydrogen-bond acceptors (Lipinski definition) is 5. The number of benzene rings is 3. The van der Waals surface area contributed by atoms with Gasteiger partial charge in [-0.2, -0.15) is 0 Å². The molecule has 0 aliphatic carbocycles. The first-order valence-electron chi connectivity index (χ1n) is 10.2. The van der Waals surface area contributed by atoms with Crippen LogP contribution in [0.4, 0.5) is 11.4 Å². The maximum Gasteiger partial charge on any atom is 0.273 e. The number of nitro groups is 2. The normalized spacial score (nSPS) is 11.2.